The SMILES string of the molecule is c1coc(-c2c(-c3nc4ccccc4o3)c(-c3nc4ccccc4s3)c3nc4c(-c5nc6ccccc6[nH]5)c(-c5nccc6ccccc56)ccc4nc3c2-c2ncc3[nH]cnc3n2)c1. The number of nitrogens with zero attached hydrogens (tertiary/aromatic N) is 9. The maximum Gasteiger partial charge on any atom is 0.228 e. The van der Waals surface area contributed by atoms with Gasteiger partial charge in [0.25, 0.3) is 0 Å². The number of hydrogen-bond donors (Lipinski definition) is 2. The Morgan fingerprint density at radius 2 is 1.38 bits per heavy atom. The Labute approximate surface area is 369 Å². The molecule has 0 atom stereocenters. The predicted molar refractivity (Wildman–Crippen MR) is 253 cm³/mol. The van der Waals surface area contributed by atoms with E-state index in [-0.39, 0.29) is 0 Å². The molecule has 0 saturated heterocycles. The Morgan fingerprint density at radius 3 is 2.28 bits per heavy atom. The summed E-state index contributed by atoms with van der Waals surface area (Å²) in [7, 11) is 0. The number of aromatic nitrogens is 11. The molecule has 65 heavy (non-hydrogen) atoms. The first kappa shape index (κ1) is 35.6. The van der Waals surface area contributed by atoms with Crippen LogP contribution in [-0.4, -0.2) is 54.8 Å². The van der Waals surface area contributed by atoms with Gasteiger partial charge in [0.1, 0.15) is 44.2 Å². The first-order valence-corrected chi connectivity index (χ1v) is 21.6. The summed E-state index contributed by atoms with van der Waals surface area (Å²) in [4.78, 5) is 53.3. The third-order valence-electron chi connectivity index (χ3n) is 11.8. The lowest BCUT2D eigenvalue weighted by atomic mass is 9.90. The molecule has 0 saturated carbocycles. The van der Waals surface area contributed by atoms with Gasteiger partial charge in [0.2, 0.25) is 5.89 Å². The van der Waals surface area contributed by atoms with Crippen molar-refractivity contribution in [3.8, 4) is 67.4 Å². The minimum Gasteiger partial charge on any atom is -0.464 e. The average molecular weight is 858 g/mol. The van der Waals surface area contributed by atoms with Crippen LogP contribution in [-0.2, 0) is 0 Å². The average Bonchev–Trinajstić information content (AvgIpc) is 4.22. The molecule has 14 rings (SSSR count). The topological polar surface area (TPSA) is 174 Å². The molecule has 6 aromatic carbocycles. The normalized spacial score (nSPS) is 12.0. The number of thiazole rings is 1. The van der Waals surface area contributed by atoms with Crippen LogP contribution >= 0.6 is 11.3 Å². The van der Waals surface area contributed by atoms with Crippen molar-refractivity contribution in [3.05, 3.63) is 152 Å². The number of fused-ring (bicyclic) bond motifs is 7. The Bertz CT molecular complexity index is 4120. The zero-order valence-corrected chi connectivity index (χ0v) is 34.5. The van der Waals surface area contributed by atoms with Gasteiger partial charge in [0.15, 0.2) is 17.1 Å². The maximum absolute atomic E-state index is 6.75. The van der Waals surface area contributed by atoms with Crippen LogP contribution in [0.5, 0.6) is 0 Å². The molecule has 0 fully saturated rings. The van der Waals surface area contributed by atoms with Crippen LogP contribution < -0.4 is 0 Å². The quantitative estimate of drug-likeness (QED) is 0.152. The molecule has 0 aliphatic carbocycles. The van der Waals surface area contributed by atoms with E-state index in [9.17, 15) is 0 Å². The molecule has 0 spiro atoms. The van der Waals surface area contributed by atoms with Crippen molar-refractivity contribution < 1.29 is 8.83 Å². The summed E-state index contributed by atoms with van der Waals surface area (Å²) in [6.45, 7) is 0. The molecule has 304 valence electrons. The Balaban J connectivity index is 1.21. The number of rotatable bonds is 6. The second-order valence-electron chi connectivity index (χ2n) is 15.5. The lowest BCUT2D eigenvalue weighted by Crippen LogP contribution is -2.03. The summed E-state index contributed by atoms with van der Waals surface area (Å²) in [5.41, 5.74) is 12.0. The van der Waals surface area contributed by atoms with Gasteiger partial charge in [0, 0.05) is 22.7 Å². The third kappa shape index (κ3) is 5.47. The van der Waals surface area contributed by atoms with E-state index in [0.717, 1.165) is 48.8 Å². The van der Waals surface area contributed by atoms with E-state index in [2.05, 4.69) is 39.2 Å². The molecule has 13 nitrogen and oxygen atoms in total. The largest absolute Gasteiger partial charge is 0.464 e. The van der Waals surface area contributed by atoms with E-state index in [4.69, 9.17) is 48.7 Å². The van der Waals surface area contributed by atoms with Gasteiger partial charge < -0.3 is 18.8 Å². The lowest BCUT2D eigenvalue weighted by Gasteiger charge is -2.19. The fraction of sp³-hybridized carbons (Fsp3) is 0. The van der Waals surface area contributed by atoms with Gasteiger partial charge >= 0.3 is 0 Å². The van der Waals surface area contributed by atoms with E-state index in [0.29, 0.717) is 94.9 Å². The highest BCUT2D eigenvalue weighted by Crippen LogP contribution is 2.52. The van der Waals surface area contributed by atoms with Gasteiger partial charge in [0.05, 0.1) is 73.5 Å². The summed E-state index contributed by atoms with van der Waals surface area (Å²) in [6.07, 6.45) is 6.81. The molecule has 0 aliphatic rings. The molecule has 8 heterocycles. The highest BCUT2D eigenvalue weighted by Gasteiger charge is 2.33. The summed E-state index contributed by atoms with van der Waals surface area (Å²) in [5, 5.41) is 2.73. The fourth-order valence-corrected chi connectivity index (χ4v) is 9.94. The number of imidazole rings is 2. The van der Waals surface area contributed by atoms with Crippen molar-refractivity contribution in [2.45, 2.75) is 0 Å². The number of pyridine rings is 1. The number of aromatic amines is 2. The first-order chi connectivity index (χ1) is 32.2. The summed E-state index contributed by atoms with van der Waals surface area (Å²) in [6, 6.07) is 41.8. The molecule has 0 unspecified atom stereocenters. The number of H-pyrrole nitrogens is 2. The van der Waals surface area contributed by atoms with Gasteiger partial charge in [-0.1, -0.05) is 60.7 Å². The van der Waals surface area contributed by atoms with Crippen molar-refractivity contribution in [1.29, 1.82) is 0 Å². The van der Waals surface area contributed by atoms with Crippen molar-refractivity contribution in [2.24, 2.45) is 0 Å². The van der Waals surface area contributed by atoms with Crippen LogP contribution in [0.3, 0.4) is 0 Å². The van der Waals surface area contributed by atoms with Crippen LogP contribution in [0.15, 0.2) is 161 Å². The van der Waals surface area contributed by atoms with Crippen LogP contribution in [0.4, 0.5) is 0 Å². The summed E-state index contributed by atoms with van der Waals surface area (Å²) >= 11 is 1.55. The van der Waals surface area contributed by atoms with Gasteiger partial charge in [-0.15, -0.1) is 11.3 Å². The molecule has 0 radical (unpaired) electrons. The lowest BCUT2D eigenvalue weighted by molar-refractivity contribution is 0.581. The number of para-hydroxylation sites is 5. The molecule has 8 aromatic heterocycles. The van der Waals surface area contributed by atoms with Gasteiger partial charge in [-0.25, -0.2) is 39.9 Å². The van der Waals surface area contributed by atoms with Crippen molar-refractivity contribution in [1.82, 2.24) is 54.8 Å². The Morgan fingerprint density at radius 1 is 0.538 bits per heavy atom. The fourth-order valence-electron chi connectivity index (χ4n) is 8.92. The minimum absolute atomic E-state index is 0.337. The molecule has 0 amide bonds. The second-order valence-corrected chi connectivity index (χ2v) is 16.6. The number of furan rings is 1. The molecule has 14 aromatic rings. The Kier molecular flexibility index (Phi) is 7.52. The maximum atomic E-state index is 6.75. The van der Waals surface area contributed by atoms with Gasteiger partial charge in [-0.3, -0.25) is 4.98 Å². The Hall–Kier alpha value is -9.01. The van der Waals surface area contributed by atoms with E-state index in [1.807, 2.05) is 109 Å². The highest BCUT2D eigenvalue weighted by molar-refractivity contribution is 7.21. The molecular formula is C51H27N11O2S. The molecule has 0 bridgehead atoms. The third-order valence-corrected chi connectivity index (χ3v) is 12.9. The number of oxazole rings is 1. The minimum atomic E-state index is 0.337. The summed E-state index contributed by atoms with van der Waals surface area (Å²) < 4.78 is 14.1. The number of hydrogen-bond acceptors (Lipinski definition) is 12. The van der Waals surface area contributed by atoms with Crippen LogP contribution in [0.1, 0.15) is 0 Å². The van der Waals surface area contributed by atoms with E-state index in [1.165, 1.54) is 0 Å². The smallest absolute Gasteiger partial charge is 0.228 e. The zero-order valence-electron chi connectivity index (χ0n) is 33.7. The molecule has 0 aliphatic heterocycles. The van der Waals surface area contributed by atoms with Crippen molar-refractivity contribution in [3.63, 3.8) is 0 Å². The van der Waals surface area contributed by atoms with E-state index >= 15 is 0 Å². The molecular weight excluding hydrogens is 831 g/mol. The first-order valence-electron chi connectivity index (χ1n) is 20.8. The van der Waals surface area contributed by atoms with Crippen LogP contribution in [0, 0.1) is 0 Å². The second kappa shape index (κ2) is 13.7. The van der Waals surface area contributed by atoms with E-state index < -0.39 is 0 Å². The molecule has 14 heteroatoms. The standard InChI is InChI=1S/C51H27N11O2S/c1-2-11-27-26(10-1)21-22-52-43(27)28-19-20-33-44(38(28)49-57-29-12-3-4-13-30(29)58-49)61-46-42(51-60-32-15-6-8-18-37(32)65-51)40(50-59-31-14-5-7-16-35(31)64-50)39(36-17-9-23-63-36)41(45(46)56-33)48-53-24-34-47(62-48)55-25-54-34/h1-25H,(H,57,58)(H,53,54,55,62). The van der Waals surface area contributed by atoms with Crippen molar-refractivity contribution >= 4 is 87.7 Å². The molecule has 2 N–H and O–H groups in total. The van der Waals surface area contributed by atoms with Crippen molar-refractivity contribution in [2.75, 3.05) is 0 Å². The number of benzene rings is 6. The zero-order chi connectivity index (χ0) is 42.6. The summed E-state index contributed by atoms with van der Waals surface area (Å²) in [5.74, 6) is 1.84. The monoisotopic (exact) mass is 857 g/mol. The number of nitrogens with one attached hydrogen (secondary N) is 2. The van der Waals surface area contributed by atoms with Crippen LogP contribution in [0.25, 0.3) is 144 Å². The van der Waals surface area contributed by atoms with Gasteiger partial charge in [-0.05, 0) is 72.1 Å². The van der Waals surface area contributed by atoms with E-state index in [1.54, 1.807) is 30.1 Å². The van der Waals surface area contributed by atoms with Gasteiger partial charge in [-0.2, -0.15) is 0 Å². The highest BCUT2D eigenvalue weighted by atomic mass is 32.1. The van der Waals surface area contributed by atoms with Crippen LogP contribution in [0.2, 0.25) is 0 Å². The predicted octanol–water partition coefficient (Wildman–Crippen LogP) is 12.2.